The lowest BCUT2D eigenvalue weighted by molar-refractivity contribution is -0.113. The Hall–Kier alpha value is -0.0800. The van der Waals surface area contributed by atoms with Gasteiger partial charge < -0.3 is 9.47 Å². The quantitative estimate of drug-likeness (QED) is 0.387. The normalized spacial score (nSPS) is 13.3. The minimum atomic E-state index is -0.0184. The predicted octanol–water partition coefficient (Wildman–Crippen LogP) is 4.38. The summed E-state index contributed by atoms with van der Waals surface area (Å²) >= 11 is 0. The van der Waals surface area contributed by atoms with Crippen LogP contribution in [0.1, 0.15) is 65.2 Å². The maximum absolute atomic E-state index is 5.21. The molecular weight excluding hydrogens is 200 g/mol. The van der Waals surface area contributed by atoms with Crippen molar-refractivity contribution in [1.82, 2.24) is 0 Å². The Morgan fingerprint density at radius 3 is 2.00 bits per heavy atom. The molecule has 0 aromatic heterocycles. The molecule has 0 aliphatic carbocycles. The molecule has 1 unspecified atom stereocenters. The SMILES string of the molecule is CCCCCCCCC(C)CC(OC)OC. The number of ether oxygens (including phenoxy) is 2. The Labute approximate surface area is 102 Å². The molecular formula is C14H30O2. The molecule has 0 aliphatic rings. The van der Waals surface area contributed by atoms with Crippen LogP contribution in [0, 0.1) is 5.92 Å². The van der Waals surface area contributed by atoms with Crippen molar-refractivity contribution in [2.24, 2.45) is 5.92 Å². The molecule has 1 atom stereocenters. The van der Waals surface area contributed by atoms with E-state index in [0.717, 1.165) is 6.42 Å². The van der Waals surface area contributed by atoms with Crippen molar-refractivity contribution in [3.05, 3.63) is 0 Å². The van der Waals surface area contributed by atoms with Gasteiger partial charge >= 0.3 is 0 Å². The van der Waals surface area contributed by atoms with Gasteiger partial charge in [-0.1, -0.05) is 58.8 Å². The molecule has 98 valence electrons. The van der Waals surface area contributed by atoms with E-state index in [1.807, 2.05) is 0 Å². The first-order valence-electron chi connectivity index (χ1n) is 6.80. The summed E-state index contributed by atoms with van der Waals surface area (Å²) in [5.74, 6) is 0.705. The highest BCUT2D eigenvalue weighted by Crippen LogP contribution is 2.17. The highest BCUT2D eigenvalue weighted by molar-refractivity contribution is 4.56. The largest absolute Gasteiger partial charge is 0.356 e. The van der Waals surface area contributed by atoms with E-state index in [4.69, 9.17) is 9.47 Å². The average Bonchev–Trinajstić information content (AvgIpc) is 2.30. The van der Waals surface area contributed by atoms with Crippen molar-refractivity contribution in [1.29, 1.82) is 0 Å². The van der Waals surface area contributed by atoms with Gasteiger partial charge in [-0.15, -0.1) is 0 Å². The first-order chi connectivity index (χ1) is 7.74. The monoisotopic (exact) mass is 230 g/mol. The molecule has 16 heavy (non-hydrogen) atoms. The van der Waals surface area contributed by atoms with E-state index in [9.17, 15) is 0 Å². The summed E-state index contributed by atoms with van der Waals surface area (Å²) in [6.07, 6.45) is 10.6. The maximum Gasteiger partial charge on any atom is 0.157 e. The summed E-state index contributed by atoms with van der Waals surface area (Å²) in [6.45, 7) is 4.55. The second-order valence-electron chi connectivity index (χ2n) is 4.80. The average molecular weight is 230 g/mol. The van der Waals surface area contributed by atoms with Gasteiger partial charge in [0, 0.05) is 20.6 Å². The van der Waals surface area contributed by atoms with Crippen molar-refractivity contribution in [3.63, 3.8) is 0 Å². The molecule has 0 saturated heterocycles. The molecule has 0 amide bonds. The highest BCUT2D eigenvalue weighted by Gasteiger charge is 2.10. The Morgan fingerprint density at radius 1 is 0.875 bits per heavy atom. The summed E-state index contributed by atoms with van der Waals surface area (Å²) in [6, 6.07) is 0. The van der Waals surface area contributed by atoms with E-state index in [1.165, 1.54) is 44.9 Å². The van der Waals surface area contributed by atoms with E-state index in [0.29, 0.717) is 5.92 Å². The number of hydrogen-bond acceptors (Lipinski definition) is 2. The minimum Gasteiger partial charge on any atom is -0.356 e. The molecule has 0 aromatic rings. The van der Waals surface area contributed by atoms with E-state index in [-0.39, 0.29) is 6.29 Å². The van der Waals surface area contributed by atoms with Crippen LogP contribution in [0.15, 0.2) is 0 Å². The first-order valence-corrected chi connectivity index (χ1v) is 6.80. The van der Waals surface area contributed by atoms with Gasteiger partial charge in [0.15, 0.2) is 6.29 Å². The Balaban J connectivity index is 3.32. The smallest absolute Gasteiger partial charge is 0.157 e. The van der Waals surface area contributed by atoms with Crippen molar-refractivity contribution in [3.8, 4) is 0 Å². The molecule has 0 bridgehead atoms. The van der Waals surface area contributed by atoms with Crippen LogP contribution in [0.4, 0.5) is 0 Å². The second kappa shape index (κ2) is 11.4. The van der Waals surface area contributed by atoms with Crippen molar-refractivity contribution >= 4 is 0 Å². The third-order valence-corrected chi connectivity index (χ3v) is 3.17. The predicted molar refractivity (Wildman–Crippen MR) is 69.6 cm³/mol. The minimum absolute atomic E-state index is 0.0184. The Morgan fingerprint density at radius 2 is 1.44 bits per heavy atom. The topological polar surface area (TPSA) is 18.5 Å². The van der Waals surface area contributed by atoms with Gasteiger partial charge in [-0.05, 0) is 5.92 Å². The fraction of sp³-hybridized carbons (Fsp3) is 1.00. The molecule has 0 aromatic carbocycles. The van der Waals surface area contributed by atoms with Crippen LogP contribution in [-0.4, -0.2) is 20.5 Å². The van der Waals surface area contributed by atoms with E-state index in [2.05, 4.69) is 13.8 Å². The number of hydrogen-bond donors (Lipinski definition) is 0. The lowest BCUT2D eigenvalue weighted by atomic mass is 9.99. The van der Waals surface area contributed by atoms with Crippen LogP contribution in [0.25, 0.3) is 0 Å². The van der Waals surface area contributed by atoms with Crippen LogP contribution in [-0.2, 0) is 9.47 Å². The maximum atomic E-state index is 5.21. The van der Waals surface area contributed by atoms with Gasteiger partial charge in [0.25, 0.3) is 0 Å². The third kappa shape index (κ3) is 9.17. The molecule has 0 spiro atoms. The zero-order valence-corrected chi connectivity index (χ0v) is 11.6. The zero-order chi connectivity index (χ0) is 12.2. The fourth-order valence-corrected chi connectivity index (χ4v) is 2.01. The highest BCUT2D eigenvalue weighted by atomic mass is 16.7. The molecule has 0 heterocycles. The van der Waals surface area contributed by atoms with Crippen molar-refractivity contribution < 1.29 is 9.47 Å². The van der Waals surface area contributed by atoms with Gasteiger partial charge in [-0.3, -0.25) is 0 Å². The number of rotatable bonds is 11. The molecule has 0 radical (unpaired) electrons. The standard InChI is InChI=1S/C14H30O2/c1-5-6-7-8-9-10-11-13(2)12-14(15-3)16-4/h13-14H,5-12H2,1-4H3. The van der Waals surface area contributed by atoms with Gasteiger partial charge in [0.05, 0.1) is 0 Å². The van der Waals surface area contributed by atoms with Crippen LogP contribution < -0.4 is 0 Å². The van der Waals surface area contributed by atoms with Gasteiger partial charge in [-0.25, -0.2) is 0 Å². The van der Waals surface area contributed by atoms with E-state index >= 15 is 0 Å². The molecule has 0 aliphatic heterocycles. The zero-order valence-electron chi connectivity index (χ0n) is 11.6. The molecule has 0 saturated carbocycles. The van der Waals surface area contributed by atoms with Gasteiger partial charge in [0.1, 0.15) is 0 Å². The Bertz CT molecular complexity index is 133. The molecule has 2 nitrogen and oxygen atoms in total. The Kier molecular flexibility index (Phi) is 11.3. The van der Waals surface area contributed by atoms with Crippen molar-refractivity contribution in [2.45, 2.75) is 71.5 Å². The third-order valence-electron chi connectivity index (χ3n) is 3.17. The van der Waals surface area contributed by atoms with Crippen LogP contribution in [0.2, 0.25) is 0 Å². The summed E-state index contributed by atoms with van der Waals surface area (Å²) in [7, 11) is 3.43. The van der Waals surface area contributed by atoms with Crippen molar-refractivity contribution in [2.75, 3.05) is 14.2 Å². The molecule has 0 rings (SSSR count). The molecule has 0 fully saturated rings. The number of methoxy groups -OCH3 is 2. The van der Waals surface area contributed by atoms with E-state index in [1.54, 1.807) is 14.2 Å². The lowest BCUT2D eigenvalue weighted by Crippen LogP contribution is -2.16. The summed E-state index contributed by atoms with van der Waals surface area (Å²) in [5, 5.41) is 0. The first kappa shape index (κ1) is 15.9. The summed E-state index contributed by atoms with van der Waals surface area (Å²) in [5.41, 5.74) is 0. The summed E-state index contributed by atoms with van der Waals surface area (Å²) in [4.78, 5) is 0. The van der Waals surface area contributed by atoms with Crippen LogP contribution in [0.3, 0.4) is 0 Å². The molecule has 2 heteroatoms. The van der Waals surface area contributed by atoms with Gasteiger partial charge in [0.2, 0.25) is 0 Å². The summed E-state index contributed by atoms with van der Waals surface area (Å²) < 4.78 is 10.4. The number of unbranched alkanes of at least 4 members (excludes halogenated alkanes) is 5. The lowest BCUT2D eigenvalue weighted by Gasteiger charge is -2.18. The van der Waals surface area contributed by atoms with Crippen LogP contribution in [0.5, 0.6) is 0 Å². The van der Waals surface area contributed by atoms with Gasteiger partial charge in [-0.2, -0.15) is 0 Å². The molecule has 0 N–H and O–H groups in total. The fourth-order valence-electron chi connectivity index (χ4n) is 2.01. The van der Waals surface area contributed by atoms with E-state index < -0.39 is 0 Å². The second-order valence-corrected chi connectivity index (χ2v) is 4.80. The van der Waals surface area contributed by atoms with Crippen LogP contribution >= 0.6 is 0 Å².